The number of morpholine rings is 1. The predicted molar refractivity (Wildman–Crippen MR) is 63.5 cm³/mol. The number of hydrogen-bond donors (Lipinski definition) is 2. The molecule has 0 saturated carbocycles. The van der Waals surface area contributed by atoms with Crippen molar-refractivity contribution >= 4 is 5.69 Å². The molecule has 2 rings (SSSR count). The van der Waals surface area contributed by atoms with Gasteiger partial charge in [-0.25, -0.2) is 0 Å². The van der Waals surface area contributed by atoms with E-state index >= 15 is 0 Å². The molecule has 4 heteroatoms. The van der Waals surface area contributed by atoms with Crippen molar-refractivity contribution in [2.45, 2.75) is 6.10 Å². The van der Waals surface area contributed by atoms with E-state index in [0.717, 1.165) is 31.9 Å². The van der Waals surface area contributed by atoms with Crippen LogP contribution >= 0.6 is 0 Å². The Kier molecular flexibility index (Phi) is 3.77. The predicted octanol–water partition coefficient (Wildman–Crippen LogP) is 0.515. The lowest BCUT2D eigenvalue weighted by Gasteiger charge is -2.29. The fourth-order valence-corrected chi connectivity index (χ4v) is 1.86. The van der Waals surface area contributed by atoms with Crippen LogP contribution in [-0.2, 0) is 4.74 Å². The monoisotopic (exact) mass is 222 g/mol. The minimum atomic E-state index is -0.557. The molecule has 3 N–H and O–H groups in total. The maximum absolute atomic E-state index is 9.57. The van der Waals surface area contributed by atoms with Gasteiger partial charge in [-0.15, -0.1) is 0 Å². The summed E-state index contributed by atoms with van der Waals surface area (Å²) in [6, 6.07) is 7.92. The van der Waals surface area contributed by atoms with Crippen molar-refractivity contribution in [1.82, 2.24) is 0 Å². The Bertz CT molecular complexity index is 320. The summed E-state index contributed by atoms with van der Waals surface area (Å²) in [5.74, 6) is 0. The Morgan fingerprint density at radius 3 is 2.44 bits per heavy atom. The van der Waals surface area contributed by atoms with E-state index in [0.29, 0.717) is 0 Å². The van der Waals surface area contributed by atoms with Gasteiger partial charge < -0.3 is 20.5 Å². The topological polar surface area (TPSA) is 58.7 Å². The molecular weight excluding hydrogens is 204 g/mol. The second-order valence-electron chi connectivity index (χ2n) is 3.94. The van der Waals surface area contributed by atoms with Crippen LogP contribution in [0.3, 0.4) is 0 Å². The molecule has 0 unspecified atom stereocenters. The molecule has 1 aliphatic heterocycles. The van der Waals surface area contributed by atoms with Crippen LogP contribution in [0.1, 0.15) is 11.7 Å². The van der Waals surface area contributed by atoms with E-state index in [-0.39, 0.29) is 6.54 Å². The van der Waals surface area contributed by atoms with Crippen LogP contribution in [0.15, 0.2) is 24.3 Å². The van der Waals surface area contributed by atoms with Crippen molar-refractivity contribution in [2.75, 3.05) is 37.7 Å². The zero-order valence-electron chi connectivity index (χ0n) is 9.30. The zero-order valence-corrected chi connectivity index (χ0v) is 9.30. The molecule has 1 aromatic carbocycles. The molecule has 0 radical (unpaired) electrons. The van der Waals surface area contributed by atoms with Crippen molar-refractivity contribution < 1.29 is 9.84 Å². The molecule has 0 aromatic heterocycles. The zero-order chi connectivity index (χ0) is 11.4. The van der Waals surface area contributed by atoms with Crippen molar-refractivity contribution in [1.29, 1.82) is 0 Å². The second kappa shape index (κ2) is 5.30. The molecule has 1 heterocycles. The van der Waals surface area contributed by atoms with E-state index in [9.17, 15) is 5.11 Å². The number of ether oxygens (including phenoxy) is 1. The quantitative estimate of drug-likeness (QED) is 0.782. The number of aliphatic hydroxyl groups excluding tert-OH is 1. The first-order valence-electron chi connectivity index (χ1n) is 5.62. The van der Waals surface area contributed by atoms with Crippen LogP contribution in [0.5, 0.6) is 0 Å². The third kappa shape index (κ3) is 2.52. The van der Waals surface area contributed by atoms with Gasteiger partial charge in [-0.05, 0) is 17.7 Å². The van der Waals surface area contributed by atoms with Gasteiger partial charge in [-0.3, -0.25) is 0 Å². The summed E-state index contributed by atoms with van der Waals surface area (Å²) in [5.41, 5.74) is 7.46. The van der Waals surface area contributed by atoms with Crippen LogP contribution in [0.2, 0.25) is 0 Å². The number of aliphatic hydroxyl groups is 1. The summed E-state index contributed by atoms with van der Waals surface area (Å²) < 4.78 is 5.30. The molecule has 0 aliphatic carbocycles. The van der Waals surface area contributed by atoms with Gasteiger partial charge in [0.1, 0.15) is 0 Å². The lowest BCUT2D eigenvalue weighted by molar-refractivity contribution is 0.122. The van der Waals surface area contributed by atoms with Crippen LogP contribution in [0.4, 0.5) is 5.69 Å². The summed E-state index contributed by atoms with van der Waals surface area (Å²) in [5, 5.41) is 9.57. The third-order valence-corrected chi connectivity index (χ3v) is 2.88. The average Bonchev–Trinajstić information content (AvgIpc) is 2.39. The molecule has 88 valence electrons. The molecule has 1 atom stereocenters. The van der Waals surface area contributed by atoms with Gasteiger partial charge in [-0.2, -0.15) is 0 Å². The summed E-state index contributed by atoms with van der Waals surface area (Å²) >= 11 is 0. The Labute approximate surface area is 95.6 Å². The van der Waals surface area contributed by atoms with E-state index in [2.05, 4.69) is 4.90 Å². The van der Waals surface area contributed by atoms with Gasteiger partial charge in [0.2, 0.25) is 0 Å². The number of nitrogens with two attached hydrogens (primary N) is 1. The number of hydrogen-bond acceptors (Lipinski definition) is 4. The highest BCUT2D eigenvalue weighted by atomic mass is 16.5. The van der Waals surface area contributed by atoms with Gasteiger partial charge in [0.25, 0.3) is 0 Å². The third-order valence-electron chi connectivity index (χ3n) is 2.88. The van der Waals surface area contributed by atoms with Crippen LogP contribution in [0.25, 0.3) is 0 Å². The maximum atomic E-state index is 9.57. The van der Waals surface area contributed by atoms with Gasteiger partial charge in [-0.1, -0.05) is 12.1 Å². The number of nitrogens with zero attached hydrogens (tertiary/aromatic N) is 1. The van der Waals surface area contributed by atoms with Crippen molar-refractivity contribution in [3.63, 3.8) is 0 Å². The molecule has 4 nitrogen and oxygen atoms in total. The van der Waals surface area contributed by atoms with E-state index in [1.807, 2.05) is 24.3 Å². The highest BCUT2D eigenvalue weighted by molar-refractivity contribution is 5.48. The lowest BCUT2D eigenvalue weighted by atomic mass is 10.1. The second-order valence-corrected chi connectivity index (χ2v) is 3.94. The molecule has 1 aromatic rings. The van der Waals surface area contributed by atoms with E-state index < -0.39 is 6.10 Å². The highest BCUT2D eigenvalue weighted by Crippen LogP contribution is 2.19. The van der Waals surface area contributed by atoms with Crippen LogP contribution in [0, 0.1) is 0 Å². The van der Waals surface area contributed by atoms with Crippen LogP contribution < -0.4 is 10.6 Å². The Hall–Kier alpha value is -1.10. The van der Waals surface area contributed by atoms with Crippen molar-refractivity contribution in [3.05, 3.63) is 29.8 Å². The Morgan fingerprint density at radius 2 is 1.88 bits per heavy atom. The number of rotatable bonds is 3. The first-order valence-corrected chi connectivity index (χ1v) is 5.62. The first-order chi connectivity index (χ1) is 7.81. The van der Waals surface area contributed by atoms with Crippen LogP contribution in [-0.4, -0.2) is 38.0 Å². The lowest BCUT2D eigenvalue weighted by Crippen LogP contribution is -2.36. The molecule has 1 fully saturated rings. The standard InChI is InChI=1S/C12H18N2O2/c13-9-12(15)10-1-3-11(4-2-10)14-5-7-16-8-6-14/h1-4,12,15H,5-9,13H2/t12-/m0/s1. The number of anilines is 1. The molecule has 0 bridgehead atoms. The molecular formula is C12H18N2O2. The summed E-state index contributed by atoms with van der Waals surface area (Å²) in [6.07, 6.45) is -0.557. The number of benzene rings is 1. The molecule has 0 spiro atoms. The van der Waals surface area contributed by atoms with E-state index in [1.165, 1.54) is 5.69 Å². The first kappa shape index (κ1) is 11.4. The van der Waals surface area contributed by atoms with Gasteiger partial charge in [0.05, 0.1) is 19.3 Å². The molecule has 1 aliphatic rings. The van der Waals surface area contributed by atoms with Crippen molar-refractivity contribution in [2.24, 2.45) is 5.73 Å². The summed E-state index contributed by atoms with van der Waals surface area (Å²) in [4.78, 5) is 2.28. The Balaban J connectivity index is 2.06. The largest absolute Gasteiger partial charge is 0.387 e. The average molecular weight is 222 g/mol. The van der Waals surface area contributed by atoms with Gasteiger partial charge in [0, 0.05) is 25.3 Å². The van der Waals surface area contributed by atoms with E-state index in [1.54, 1.807) is 0 Å². The minimum Gasteiger partial charge on any atom is -0.387 e. The minimum absolute atomic E-state index is 0.261. The molecule has 1 saturated heterocycles. The fraction of sp³-hybridized carbons (Fsp3) is 0.500. The van der Waals surface area contributed by atoms with Gasteiger partial charge in [0.15, 0.2) is 0 Å². The van der Waals surface area contributed by atoms with Gasteiger partial charge >= 0.3 is 0 Å². The Morgan fingerprint density at radius 1 is 1.25 bits per heavy atom. The summed E-state index contributed by atoms with van der Waals surface area (Å²) in [7, 11) is 0. The fourth-order valence-electron chi connectivity index (χ4n) is 1.86. The normalized spacial score (nSPS) is 18.5. The smallest absolute Gasteiger partial charge is 0.0912 e. The molecule has 16 heavy (non-hydrogen) atoms. The van der Waals surface area contributed by atoms with E-state index in [4.69, 9.17) is 10.5 Å². The van der Waals surface area contributed by atoms with Crippen molar-refractivity contribution in [3.8, 4) is 0 Å². The molecule has 0 amide bonds. The SMILES string of the molecule is NC[C@H](O)c1ccc(N2CCOCC2)cc1. The maximum Gasteiger partial charge on any atom is 0.0912 e. The summed E-state index contributed by atoms with van der Waals surface area (Å²) in [6.45, 7) is 3.69. The highest BCUT2D eigenvalue weighted by Gasteiger charge is 2.11.